The van der Waals surface area contributed by atoms with Gasteiger partial charge in [0.15, 0.2) is 0 Å². The Morgan fingerprint density at radius 3 is 2.77 bits per heavy atom. The Balaban J connectivity index is 1.39. The van der Waals surface area contributed by atoms with Gasteiger partial charge in [0.2, 0.25) is 5.91 Å². The van der Waals surface area contributed by atoms with Crippen LogP contribution in [0.5, 0.6) is 0 Å². The van der Waals surface area contributed by atoms with Crippen LogP contribution < -0.4 is 10.2 Å². The van der Waals surface area contributed by atoms with E-state index in [4.69, 9.17) is 0 Å². The number of anilines is 2. The number of nitrogens with one attached hydrogen (secondary N) is 3. The van der Waals surface area contributed by atoms with Crippen LogP contribution in [0.2, 0.25) is 0 Å². The Hall–Kier alpha value is -4.20. The fourth-order valence-electron chi connectivity index (χ4n) is 4.87. The first-order valence-corrected chi connectivity index (χ1v) is 12.2. The lowest BCUT2D eigenvalue weighted by molar-refractivity contribution is -0.115. The third-order valence-corrected chi connectivity index (χ3v) is 6.70. The fraction of sp³-hybridized carbons (Fsp3) is 0.259. The molecule has 3 N–H and O–H groups in total. The van der Waals surface area contributed by atoms with Crippen molar-refractivity contribution >= 4 is 39.2 Å². The number of nitrogens with zero attached hydrogens (tertiary/aromatic N) is 4. The minimum absolute atomic E-state index is 0.0344. The van der Waals surface area contributed by atoms with Gasteiger partial charge < -0.3 is 15.2 Å². The fourth-order valence-corrected chi connectivity index (χ4v) is 4.87. The highest BCUT2D eigenvalue weighted by Gasteiger charge is 2.18. The van der Waals surface area contributed by atoms with Gasteiger partial charge in [0.1, 0.15) is 11.3 Å². The number of pyridine rings is 2. The lowest BCUT2D eigenvalue weighted by Gasteiger charge is -2.29. The lowest BCUT2D eigenvalue weighted by Crippen LogP contribution is -2.29. The molecule has 8 heteroatoms. The highest BCUT2D eigenvalue weighted by molar-refractivity contribution is 6.00. The van der Waals surface area contributed by atoms with Crippen molar-refractivity contribution < 1.29 is 4.79 Å². The van der Waals surface area contributed by atoms with Crippen LogP contribution in [0.25, 0.3) is 44.5 Å². The van der Waals surface area contributed by atoms with E-state index in [1.807, 2.05) is 31.3 Å². The molecule has 1 amide bonds. The molecule has 5 heterocycles. The van der Waals surface area contributed by atoms with Gasteiger partial charge in [-0.2, -0.15) is 5.10 Å². The number of hydrogen-bond acceptors (Lipinski definition) is 5. The summed E-state index contributed by atoms with van der Waals surface area (Å²) in [6.45, 7) is 4.00. The van der Waals surface area contributed by atoms with E-state index in [0.717, 1.165) is 57.5 Å². The van der Waals surface area contributed by atoms with Gasteiger partial charge in [0.05, 0.1) is 23.1 Å². The number of carbonyl (C=O) groups is 1. The van der Waals surface area contributed by atoms with E-state index in [1.54, 1.807) is 12.4 Å². The van der Waals surface area contributed by atoms with Crippen molar-refractivity contribution in [2.75, 3.05) is 23.3 Å². The highest BCUT2D eigenvalue weighted by Crippen LogP contribution is 2.35. The second-order valence-electron chi connectivity index (χ2n) is 9.02. The molecule has 1 fully saturated rings. The van der Waals surface area contributed by atoms with E-state index in [2.05, 4.69) is 53.6 Å². The number of carbonyl (C=O) groups excluding carboxylic acids is 1. The standard InChI is InChI=1S/C27H27N7O/c1-2-25(35)30-19-12-18(15-28-16-19)17-6-7-22-20(13-17)26(33-32-22)23-14-21-24(8-9-29-27(21)31-23)34-10-4-3-5-11-34/h6-9,12-16H,2-5,10-11H2,1H3,(H,29,31)(H,30,35)(H,32,33). The van der Waals surface area contributed by atoms with Crippen LogP contribution in [0.15, 0.2) is 55.0 Å². The second-order valence-corrected chi connectivity index (χ2v) is 9.02. The van der Waals surface area contributed by atoms with Gasteiger partial charge in [-0.05, 0) is 55.2 Å². The van der Waals surface area contributed by atoms with Crippen molar-refractivity contribution in [1.82, 2.24) is 25.1 Å². The van der Waals surface area contributed by atoms with Crippen LogP contribution in [-0.2, 0) is 4.79 Å². The second kappa shape index (κ2) is 8.87. The first-order valence-electron chi connectivity index (χ1n) is 12.2. The Morgan fingerprint density at radius 2 is 1.91 bits per heavy atom. The molecule has 4 aromatic heterocycles. The van der Waals surface area contributed by atoms with E-state index in [1.165, 1.54) is 24.9 Å². The summed E-state index contributed by atoms with van der Waals surface area (Å²) in [6.07, 6.45) is 9.53. The maximum Gasteiger partial charge on any atom is 0.224 e. The molecule has 0 saturated carbocycles. The van der Waals surface area contributed by atoms with Crippen molar-refractivity contribution in [3.63, 3.8) is 0 Å². The van der Waals surface area contributed by atoms with Crippen molar-refractivity contribution in [1.29, 1.82) is 0 Å². The van der Waals surface area contributed by atoms with Crippen LogP contribution in [0.4, 0.5) is 11.4 Å². The molecule has 0 radical (unpaired) electrons. The summed E-state index contributed by atoms with van der Waals surface area (Å²) in [5.41, 5.74) is 7.47. The molecular formula is C27H27N7O. The molecule has 8 nitrogen and oxygen atoms in total. The summed E-state index contributed by atoms with van der Waals surface area (Å²) < 4.78 is 0. The maximum absolute atomic E-state index is 11.8. The molecule has 1 saturated heterocycles. The number of amides is 1. The first-order chi connectivity index (χ1) is 17.2. The summed E-state index contributed by atoms with van der Waals surface area (Å²) >= 11 is 0. The number of aromatic nitrogens is 5. The number of piperidine rings is 1. The molecule has 0 bridgehead atoms. The molecule has 1 aliphatic rings. The largest absolute Gasteiger partial charge is 0.371 e. The number of H-pyrrole nitrogens is 2. The quantitative estimate of drug-likeness (QED) is 0.318. The van der Waals surface area contributed by atoms with Crippen LogP contribution in [0, 0.1) is 0 Å². The Labute approximate surface area is 202 Å². The minimum atomic E-state index is -0.0344. The zero-order valence-electron chi connectivity index (χ0n) is 19.6. The molecule has 0 aliphatic carbocycles. The third-order valence-electron chi connectivity index (χ3n) is 6.70. The van der Waals surface area contributed by atoms with Crippen molar-refractivity contribution in [3.05, 3.63) is 55.0 Å². The van der Waals surface area contributed by atoms with E-state index in [0.29, 0.717) is 12.1 Å². The summed E-state index contributed by atoms with van der Waals surface area (Å²) in [5.74, 6) is -0.0344. The van der Waals surface area contributed by atoms with Crippen LogP contribution in [0.3, 0.4) is 0 Å². The minimum Gasteiger partial charge on any atom is -0.371 e. The van der Waals surface area contributed by atoms with Crippen molar-refractivity contribution in [2.45, 2.75) is 32.6 Å². The number of rotatable bonds is 5. The van der Waals surface area contributed by atoms with Crippen LogP contribution >= 0.6 is 0 Å². The molecule has 176 valence electrons. The highest BCUT2D eigenvalue weighted by atomic mass is 16.1. The smallest absolute Gasteiger partial charge is 0.224 e. The number of benzene rings is 1. The van der Waals surface area contributed by atoms with Gasteiger partial charge in [0, 0.05) is 53.9 Å². The molecule has 35 heavy (non-hydrogen) atoms. The van der Waals surface area contributed by atoms with Crippen molar-refractivity contribution in [3.8, 4) is 22.5 Å². The monoisotopic (exact) mass is 465 g/mol. The lowest BCUT2D eigenvalue weighted by atomic mass is 10.0. The zero-order valence-corrected chi connectivity index (χ0v) is 19.6. The number of aromatic amines is 2. The average molecular weight is 466 g/mol. The van der Waals surface area contributed by atoms with Gasteiger partial charge in [-0.25, -0.2) is 4.98 Å². The molecule has 0 atom stereocenters. The van der Waals surface area contributed by atoms with Gasteiger partial charge >= 0.3 is 0 Å². The normalized spacial score (nSPS) is 14.0. The maximum atomic E-state index is 11.8. The molecule has 0 spiro atoms. The molecular weight excluding hydrogens is 438 g/mol. The third kappa shape index (κ3) is 4.01. The van der Waals surface area contributed by atoms with Gasteiger partial charge in [-0.3, -0.25) is 14.9 Å². The Morgan fingerprint density at radius 1 is 1.03 bits per heavy atom. The summed E-state index contributed by atoms with van der Waals surface area (Å²) in [5, 5.41) is 12.8. The summed E-state index contributed by atoms with van der Waals surface area (Å²) in [4.78, 5) is 26.7. The number of fused-ring (bicyclic) bond motifs is 2. The Bertz CT molecular complexity index is 1530. The zero-order chi connectivity index (χ0) is 23.8. The van der Waals surface area contributed by atoms with Gasteiger partial charge in [-0.1, -0.05) is 13.0 Å². The SMILES string of the molecule is CCC(=O)Nc1cncc(-c2ccc3[nH]nc(-c4cc5c(N6CCCCC6)ccnc5[nH]4)c3c2)c1. The summed E-state index contributed by atoms with van der Waals surface area (Å²) in [6, 6.07) is 12.4. The molecule has 5 aromatic rings. The van der Waals surface area contributed by atoms with Crippen molar-refractivity contribution in [2.24, 2.45) is 0 Å². The summed E-state index contributed by atoms with van der Waals surface area (Å²) in [7, 11) is 0. The van der Waals surface area contributed by atoms with E-state index >= 15 is 0 Å². The van der Waals surface area contributed by atoms with E-state index < -0.39 is 0 Å². The predicted molar refractivity (Wildman–Crippen MR) is 139 cm³/mol. The molecule has 6 rings (SSSR count). The predicted octanol–water partition coefficient (Wildman–Crippen LogP) is 5.51. The topological polar surface area (TPSA) is 103 Å². The molecule has 1 aliphatic heterocycles. The Kier molecular flexibility index (Phi) is 5.41. The van der Waals surface area contributed by atoms with Crippen LogP contribution in [0.1, 0.15) is 32.6 Å². The molecule has 1 aromatic carbocycles. The van der Waals surface area contributed by atoms with Crippen LogP contribution in [-0.4, -0.2) is 44.1 Å². The average Bonchev–Trinajstić information content (AvgIpc) is 3.53. The van der Waals surface area contributed by atoms with Gasteiger partial charge in [0.25, 0.3) is 0 Å². The van der Waals surface area contributed by atoms with Gasteiger partial charge in [-0.15, -0.1) is 0 Å². The first kappa shape index (κ1) is 21.3. The van der Waals surface area contributed by atoms with E-state index in [9.17, 15) is 4.79 Å². The van der Waals surface area contributed by atoms with E-state index in [-0.39, 0.29) is 5.91 Å². The molecule has 0 unspecified atom stereocenters. The number of hydrogen-bond donors (Lipinski definition) is 3.